The molecule has 1 aromatic carbocycles. The zero-order chi connectivity index (χ0) is 11.3. The van der Waals surface area contributed by atoms with Crippen molar-refractivity contribution < 1.29 is 0 Å². The summed E-state index contributed by atoms with van der Waals surface area (Å²) in [6.45, 7) is 5.37. The fourth-order valence-corrected chi connectivity index (χ4v) is 2.59. The van der Waals surface area contributed by atoms with Crippen LogP contribution >= 0.6 is 31.9 Å². The van der Waals surface area contributed by atoms with Gasteiger partial charge in [0, 0.05) is 15.0 Å². The van der Waals surface area contributed by atoms with Gasteiger partial charge in [-0.15, -0.1) is 0 Å². The molecule has 0 aliphatic carbocycles. The van der Waals surface area contributed by atoms with Crippen molar-refractivity contribution in [2.75, 3.05) is 6.54 Å². The summed E-state index contributed by atoms with van der Waals surface area (Å²) in [6.07, 6.45) is 2.36. The second kappa shape index (κ2) is 6.66. The van der Waals surface area contributed by atoms with Crippen LogP contribution in [0.5, 0.6) is 0 Å². The van der Waals surface area contributed by atoms with E-state index in [9.17, 15) is 0 Å². The molecule has 3 heteroatoms. The minimum atomic E-state index is 0.451. The Bertz CT molecular complexity index is 306. The van der Waals surface area contributed by atoms with E-state index in [0.717, 1.165) is 11.0 Å². The minimum absolute atomic E-state index is 0.451. The van der Waals surface area contributed by atoms with Crippen LogP contribution in [0.25, 0.3) is 0 Å². The van der Waals surface area contributed by atoms with E-state index in [2.05, 4.69) is 69.2 Å². The van der Waals surface area contributed by atoms with Gasteiger partial charge in [0.15, 0.2) is 0 Å². The van der Waals surface area contributed by atoms with Crippen LogP contribution in [-0.2, 0) is 0 Å². The van der Waals surface area contributed by atoms with Crippen molar-refractivity contribution in [2.24, 2.45) is 0 Å². The van der Waals surface area contributed by atoms with Gasteiger partial charge in [-0.05, 0) is 36.7 Å². The highest BCUT2D eigenvalue weighted by Crippen LogP contribution is 2.29. The molecule has 1 nitrogen and oxygen atoms in total. The lowest BCUT2D eigenvalue weighted by atomic mass is 10.0. The summed E-state index contributed by atoms with van der Waals surface area (Å²) in [6, 6.07) is 6.79. The highest BCUT2D eigenvalue weighted by atomic mass is 79.9. The van der Waals surface area contributed by atoms with Crippen molar-refractivity contribution in [1.29, 1.82) is 0 Å². The molecular weight excluding hydrogens is 318 g/mol. The van der Waals surface area contributed by atoms with Crippen LogP contribution in [0.4, 0.5) is 0 Å². The third kappa shape index (κ3) is 3.89. The molecule has 84 valence electrons. The van der Waals surface area contributed by atoms with E-state index in [0.29, 0.717) is 6.04 Å². The summed E-state index contributed by atoms with van der Waals surface area (Å²) in [4.78, 5) is 0. The Balaban J connectivity index is 2.93. The Morgan fingerprint density at radius 1 is 1.27 bits per heavy atom. The normalized spacial score (nSPS) is 12.8. The molecule has 0 aromatic heterocycles. The summed E-state index contributed by atoms with van der Waals surface area (Å²) in [5.74, 6) is 0. The number of hydrogen-bond donors (Lipinski definition) is 1. The zero-order valence-electron chi connectivity index (χ0n) is 9.19. The van der Waals surface area contributed by atoms with Crippen molar-refractivity contribution in [2.45, 2.75) is 32.7 Å². The van der Waals surface area contributed by atoms with Crippen molar-refractivity contribution in [3.63, 3.8) is 0 Å². The number of nitrogens with one attached hydrogen (secondary N) is 1. The molecule has 0 bridgehead atoms. The Morgan fingerprint density at radius 2 is 2.00 bits per heavy atom. The second-order valence-electron chi connectivity index (χ2n) is 3.56. The second-order valence-corrected chi connectivity index (χ2v) is 5.33. The molecule has 1 atom stereocenters. The number of benzene rings is 1. The van der Waals surface area contributed by atoms with Gasteiger partial charge < -0.3 is 5.32 Å². The van der Waals surface area contributed by atoms with E-state index in [4.69, 9.17) is 0 Å². The van der Waals surface area contributed by atoms with Crippen LogP contribution < -0.4 is 5.32 Å². The standard InChI is InChI=1S/C12H17Br2N/c1-3-5-12(15-4-2)10-8-9(13)6-7-11(10)14/h6-8,12,15H,3-5H2,1-2H3. The van der Waals surface area contributed by atoms with Crippen molar-refractivity contribution in [3.05, 3.63) is 32.7 Å². The smallest absolute Gasteiger partial charge is 0.0331 e. The molecule has 0 heterocycles. The van der Waals surface area contributed by atoms with Gasteiger partial charge in [-0.2, -0.15) is 0 Å². The lowest BCUT2D eigenvalue weighted by molar-refractivity contribution is 0.507. The van der Waals surface area contributed by atoms with Crippen LogP contribution in [0.15, 0.2) is 27.1 Å². The van der Waals surface area contributed by atoms with E-state index < -0.39 is 0 Å². The lowest BCUT2D eigenvalue weighted by Gasteiger charge is -2.19. The molecular formula is C12H17Br2N. The van der Waals surface area contributed by atoms with E-state index in [1.807, 2.05) is 0 Å². The van der Waals surface area contributed by atoms with E-state index >= 15 is 0 Å². The molecule has 1 N–H and O–H groups in total. The van der Waals surface area contributed by atoms with Gasteiger partial charge in [-0.25, -0.2) is 0 Å². The van der Waals surface area contributed by atoms with Gasteiger partial charge in [0.1, 0.15) is 0 Å². The molecule has 0 fully saturated rings. The Labute approximate surface area is 109 Å². The van der Waals surface area contributed by atoms with Gasteiger partial charge in [0.2, 0.25) is 0 Å². The van der Waals surface area contributed by atoms with Gasteiger partial charge in [-0.1, -0.05) is 52.1 Å². The SMILES string of the molecule is CCCC(NCC)c1cc(Br)ccc1Br. The summed E-state index contributed by atoms with van der Waals surface area (Å²) in [5, 5.41) is 3.52. The maximum absolute atomic E-state index is 3.61. The predicted octanol–water partition coefficient (Wildman–Crippen LogP) is 4.66. The van der Waals surface area contributed by atoms with E-state index in [1.165, 1.54) is 22.9 Å². The fraction of sp³-hybridized carbons (Fsp3) is 0.500. The molecule has 0 spiro atoms. The maximum Gasteiger partial charge on any atom is 0.0331 e. The Hall–Kier alpha value is 0.140. The first-order valence-electron chi connectivity index (χ1n) is 5.37. The molecule has 0 amide bonds. The van der Waals surface area contributed by atoms with Gasteiger partial charge in [0.05, 0.1) is 0 Å². The summed E-state index contributed by atoms with van der Waals surface area (Å²) >= 11 is 7.13. The minimum Gasteiger partial charge on any atom is -0.310 e. The highest BCUT2D eigenvalue weighted by Gasteiger charge is 2.12. The first-order valence-corrected chi connectivity index (χ1v) is 6.96. The average molecular weight is 335 g/mol. The summed E-state index contributed by atoms with van der Waals surface area (Å²) in [5.41, 5.74) is 1.34. The Morgan fingerprint density at radius 3 is 2.60 bits per heavy atom. The van der Waals surface area contributed by atoms with Gasteiger partial charge in [0.25, 0.3) is 0 Å². The number of rotatable bonds is 5. The molecule has 1 unspecified atom stereocenters. The molecule has 0 aliphatic heterocycles. The molecule has 15 heavy (non-hydrogen) atoms. The molecule has 1 rings (SSSR count). The predicted molar refractivity (Wildman–Crippen MR) is 73.2 cm³/mol. The molecule has 0 saturated carbocycles. The van der Waals surface area contributed by atoms with Crippen molar-refractivity contribution >= 4 is 31.9 Å². The van der Waals surface area contributed by atoms with Crippen LogP contribution in [0.2, 0.25) is 0 Å². The third-order valence-electron chi connectivity index (χ3n) is 2.36. The highest BCUT2D eigenvalue weighted by molar-refractivity contribution is 9.11. The molecule has 0 aliphatic rings. The average Bonchev–Trinajstić information content (AvgIpc) is 2.21. The van der Waals surface area contributed by atoms with Crippen LogP contribution in [-0.4, -0.2) is 6.54 Å². The summed E-state index contributed by atoms with van der Waals surface area (Å²) < 4.78 is 2.32. The first-order chi connectivity index (χ1) is 7.19. The van der Waals surface area contributed by atoms with Crippen LogP contribution in [0.3, 0.4) is 0 Å². The fourth-order valence-electron chi connectivity index (χ4n) is 1.68. The maximum atomic E-state index is 3.61. The van der Waals surface area contributed by atoms with Crippen molar-refractivity contribution in [1.82, 2.24) is 5.32 Å². The first kappa shape index (κ1) is 13.2. The van der Waals surface area contributed by atoms with E-state index in [-0.39, 0.29) is 0 Å². The lowest BCUT2D eigenvalue weighted by Crippen LogP contribution is -2.21. The molecule has 0 saturated heterocycles. The third-order valence-corrected chi connectivity index (χ3v) is 3.58. The topological polar surface area (TPSA) is 12.0 Å². The molecule has 0 radical (unpaired) electrons. The van der Waals surface area contributed by atoms with Gasteiger partial charge in [-0.3, -0.25) is 0 Å². The van der Waals surface area contributed by atoms with E-state index in [1.54, 1.807) is 0 Å². The zero-order valence-corrected chi connectivity index (χ0v) is 12.4. The quantitative estimate of drug-likeness (QED) is 0.825. The van der Waals surface area contributed by atoms with Crippen LogP contribution in [0.1, 0.15) is 38.3 Å². The van der Waals surface area contributed by atoms with Gasteiger partial charge >= 0.3 is 0 Å². The Kier molecular flexibility index (Phi) is 5.87. The van der Waals surface area contributed by atoms with Crippen molar-refractivity contribution in [3.8, 4) is 0 Å². The van der Waals surface area contributed by atoms with Crippen LogP contribution in [0, 0.1) is 0 Å². The number of hydrogen-bond acceptors (Lipinski definition) is 1. The number of halogens is 2. The molecule has 1 aromatic rings. The monoisotopic (exact) mass is 333 g/mol. The summed E-state index contributed by atoms with van der Waals surface area (Å²) in [7, 11) is 0. The largest absolute Gasteiger partial charge is 0.310 e.